The van der Waals surface area contributed by atoms with Gasteiger partial charge in [-0.3, -0.25) is 4.79 Å². The molecular weight excluding hydrogens is 276 g/mol. The number of likely N-dealkylation sites (N-methyl/N-ethyl adjacent to an activating group) is 1. The van der Waals surface area contributed by atoms with Crippen molar-refractivity contribution in [1.29, 1.82) is 5.26 Å². The summed E-state index contributed by atoms with van der Waals surface area (Å²) in [5.41, 5.74) is 2.49. The van der Waals surface area contributed by atoms with Crippen molar-refractivity contribution in [2.45, 2.75) is 6.61 Å². The molecule has 110 valence electrons. The van der Waals surface area contributed by atoms with Gasteiger partial charge >= 0.3 is 0 Å². The Labute approximate surface area is 129 Å². The van der Waals surface area contributed by atoms with E-state index in [1.165, 1.54) is 6.08 Å². The van der Waals surface area contributed by atoms with Crippen molar-refractivity contribution in [2.24, 2.45) is 0 Å². The molecule has 2 aromatic rings. The molecule has 2 rings (SSSR count). The number of benzene rings is 2. The number of hydrogen-bond acceptors (Lipinski definition) is 3. The summed E-state index contributed by atoms with van der Waals surface area (Å²) >= 11 is 0. The molecule has 0 unspecified atom stereocenters. The van der Waals surface area contributed by atoms with Crippen LogP contribution in [0.4, 0.5) is 0 Å². The van der Waals surface area contributed by atoms with Gasteiger partial charge in [-0.1, -0.05) is 24.3 Å². The zero-order valence-electron chi connectivity index (χ0n) is 12.2. The Kier molecular flexibility index (Phi) is 5.33. The van der Waals surface area contributed by atoms with E-state index in [4.69, 9.17) is 10.00 Å². The van der Waals surface area contributed by atoms with Gasteiger partial charge in [0.1, 0.15) is 12.4 Å². The Morgan fingerprint density at radius 1 is 1.27 bits per heavy atom. The minimum Gasteiger partial charge on any atom is -0.489 e. The molecule has 1 N–H and O–H groups in total. The maximum absolute atomic E-state index is 11.1. The lowest BCUT2D eigenvalue weighted by atomic mass is 10.1. The van der Waals surface area contributed by atoms with Gasteiger partial charge in [-0.15, -0.1) is 0 Å². The Balaban J connectivity index is 1.95. The highest BCUT2D eigenvalue weighted by atomic mass is 16.5. The SMILES string of the molecule is CNC(=O)/C=C/c1ccc(OCc2cccc(C#N)c2)cc1. The molecule has 0 aliphatic rings. The summed E-state index contributed by atoms with van der Waals surface area (Å²) in [4.78, 5) is 11.1. The number of hydrogen-bond donors (Lipinski definition) is 1. The van der Waals surface area contributed by atoms with Crippen LogP contribution < -0.4 is 10.1 Å². The smallest absolute Gasteiger partial charge is 0.243 e. The number of amides is 1. The summed E-state index contributed by atoms with van der Waals surface area (Å²) in [5, 5.41) is 11.4. The lowest BCUT2D eigenvalue weighted by molar-refractivity contribution is -0.115. The van der Waals surface area contributed by atoms with Crippen LogP contribution in [0.1, 0.15) is 16.7 Å². The van der Waals surface area contributed by atoms with Crippen LogP contribution in [0, 0.1) is 11.3 Å². The first-order valence-corrected chi connectivity index (χ1v) is 6.83. The molecule has 0 atom stereocenters. The van der Waals surface area contributed by atoms with Gasteiger partial charge in [-0.05, 0) is 41.5 Å². The summed E-state index contributed by atoms with van der Waals surface area (Å²) in [7, 11) is 1.59. The van der Waals surface area contributed by atoms with E-state index in [2.05, 4.69) is 11.4 Å². The summed E-state index contributed by atoms with van der Waals surface area (Å²) < 4.78 is 5.68. The average Bonchev–Trinajstić information content (AvgIpc) is 2.58. The van der Waals surface area contributed by atoms with Gasteiger partial charge in [0.25, 0.3) is 0 Å². The number of carbonyl (C=O) groups is 1. The first kappa shape index (κ1) is 15.3. The summed E-state index contributed by atoms with van der Waals surface area (Å²) in [6, 6.07) is 16.9. The van der Waals surface area contributed by atoms with Crippen LogP contribution in [-0.4, -0.2) is 13.0 Å². The van der Waals surface area contributed by atoms with Crippen LogP contribution in [-0.2, 0) is 11.4 Å². The topological polar surface area (TPSA) is 62.1 Å². The van der Waals surface area contributed by atoms with Crippen molar-refractivity contribution in [3.8, 4) is 11.8 Å². The first-order chi connectivity index (χ1) is 10.7. The van der Waals surface area contributed by atoms with Crippen molar-refractivity contribution in [1.82, 2.24) is 5.32 Å². The Morgan fingerprint density at radius 3 is 2.73 bits per heavy atom. The summed E-state index contributed by atoms with van der Waals surface area (Å²) in [5.74, 6) is 0.595. The Hall–Kier alpha value is -3.06. The van der Waals surface area contributed by atoms with Gasteiger partial charge in [0.05, 0.1) is 11.6 Å². The molecule has 1 amide bonds. The molecule has 0 radical (unpaired) electrons. The van der Waals surface area contributed by atoms with Gasteiger partial charge < -0.3 is 10.1 Å². The second kappa shape index (κ2) is 7.65. The van der Waals surface area contributed by atoms with Crippen LogP contribution in [0.3, 0.4) is 0 Å². The number of carbonyl (C=O) groups excluding carboxylic acids is 1. The van der Waals surface area contributed by atoms with Crippen LogP contribution in [0.15, 0.2) is 54.6 Å². The minimum atomic E-state index is -0.141. The quantitative estimate of drug-likeness (QED) is 0.862. The number of nitriles is 1. The predicted octanol–water partition coefficient (Wildman–Crippen LogP) is 2.90. The van der Waals surface area contributed by atoms with Gasteiger partial charge in [-0.25, -0.2) is 0 Å². The fourth-order valence-electron chi connectivity index (χ4n) is 1.83. The van der Waals surface area contributed by atoms with Crippen molar-refractivity contribution >= 4 is 12.0 Å². The van der Waals surface area contributed by atoms with E-state index >= 15 is 0 Å². The van der Waals surface area contributed by atoms with Crippen LogP contribution in [0.2, 0.25) is 0 Å². The number of nitrogens with one attached hydrogen (secondary N) is 1. The van der Waals surface area contributed by atoms with E-state index in [0.29, 0.717) is 12.2 Å². The summed E-state index contributed by atoms with van der Waals surface area (Å²) in [6.45, 7) is 0.406. The molecule has 4 heteroatoms. The third kappa shape index (κ3) is 4.50. The largest absolute Gasteiger partial charge is 0.489 e. The van der Waals surface area contributed by atoms with Crippen molar-refractivity contribution < 1.29 is 9.53 Å². The number of nitrogens with zero attached hydrogens (tertiary/aromatic N) is 1. The van der Waals surface area contributed by atoms with E-state index in [-0.39, 0.29) is 5.91 Å². The van der Waals surface area contributed by atoms with Crippen molar-refractivity contribution in [2.75, 3.05) is 7.05 Å². The van der Waals surface area contributed by atoms with E-state index in [1.807, 2.05) is 36.4 Å². The van der Waals surface area contributed by atoms with Crippen LogP contribution >= 0.6 is 0 Å². The molecular formula is C18H16N2O2. The third-order valence-electron chi connectivity index (χ3n) is 3.02. The lowest BCUT2D eigenvalue weighted by Gasteiger charge is -2.06. The molecule has 0 saturated carbocycles. The Morgan fingerprint density at radius 2 is 2.05 bits per heavy atom. The van der Waals surface area contributed by atoms with E-state index in [9.17, 15) is 4.79 Å². The zero-order chi connectivity index (χ0) is 15.8. The molecule has 0 aliphatic carbocycles. The second-order valence-electron chi connectivity index (χ2n) is 4.62. The number of rotatable bonds is 5. The predicted molar refractivity (Wildman–Crippen MR) is 85.0 cm³/mol. The van der Waals surface area contributed by atoms with Crippen LogP contribution in [0.25, 0.3) is 6.08 Å². The van der Waals surface area contributed by atoms with Crippen molar-refractivity contribution in [3.63, 3.8) is 0 Å². The third-order valence-corrected chi connectivity index (χ3v) is 3.02. The van der Waals surface area contributed by atoms with Crippen molar-refractivity contribution in [3.05, 3.63) is 71.3 Å². The summed E-state index contributed by atoms with van der Waals surface area (Å²) in [6.07, 6.45) is 3.21. The molecule has 0 bridgehead atoms. The molecule has 0 heterocycles. The van der Waals surface area contributed by atoms with E-state index in [1.54, 1.807) is 25.3 Å². The van der Waals surface area contributed by atoms with Crippen LogP contribution in [0.5, 0.6) is 5.75 Å². The van der Waals surface area contributed by atoms with Gasteiger partial charge in [0.2, 0.25) is 5.91 Å². The average molecular weight is 292 g/mol. The molecule has 22 heavy (non-hydrogen) atoms. The molecule has 0 fully saturated rings. The monoisotopic (exact) mass is 292 g/mol. The molecule has 0 aromatic heterocycles. The highest BCUT2D eigenvalue weighted by Gasteiger charge is 1.98. The van der Waals surface area contributed by atoms with Gasteiger partial charge in [0, 0.05) is 13.1 Å². The minimum absolute atomic E-state index is 0.141. The zero-order valence-corrected chi connectivity index (χ0v) is 12.2. The normalized spacial score (nSPS) is 10.2. The maximum Gasteiger partial charge on any atom is 0.243 e. The maximum atomic E-state index is 11.1. The lowest BCUT2D eigenvalue weighted by Crippen LogP contribution is -2.13. The highest BCUT2D eigenvalue weighted by molar-refractivity contribution is 5.91. The number of ether oxygens (including phenoxy) is 1. The van der Waals surface area contributed by atoms with Gasteiger partial charge in [0.15, 0.2) is 0 Å². The second-order valence-corrected chi connectivity index (χ2v) is 4.62. The molecule has 0 aliphatic heterocycles. The Bertz CT molecular complexity index is 713. The molecule has 0 spiro atoms. The fraction of sp³-hybridized carbons (Fsp3) is 0.111. The van der Waals surface area contributed by atoms with Gasteiger partial charge in [-0.2, -0.15) is 5.26 Å². The molecule has 0 saturated heterocycles. The molecule has 4 nitrogen and oxygen atoms in total. The first-order valence-electron chi connectivity index (χ1n) is 6.83. The molecule has 2 aromatic carbocycles. The van der Waals surface area contributed by atoms with E-state index in [0.717, 1.165) is 16.9 Å². The highest BCUT2D eigenvalue weighted by Crippen LogP contribution is 2.15. The van der Waals surface area contributed by atoms with E-state index < -0.39 is 0 Å². The fourth-order valence-corrected chi connectivity index (χ4v) is 1.83. The standard InChI is InChI=1S/C18H16N2O2/c1-20-18(21)10-7-14-5-8-17(9-6-14)22-13-16-4-2-3-15(11-16)12-19/h2-11H,13H2,1H3,(H,20,21)/b10-7+.